The van der Waals surface area contributed by atoms with Crippen molar-refractivity contribution in [2.75, 3.05) is 6.54 Å². The van der Waals surface area contributed by atoms with Gasteiger partial charge < -0.3 is 10.0 Å². The van der Waals surface area contributed by atoms with Crippen molar-refractivity contribution in [2.45, 2.75) is 47.3 Å². The standard InChI is InChI=1S/C22H21Cl2NO5S/c23-15-8-6-14(7-9-15)22(10-3-11-22)21(28)25-13-16(12-18(25)20(26)27)31(29,30)19-5-2-1-4-17(19)24/h1-2,4-9,16,18H,3,10-13H2,(H,26,27)/t16-,18+/m1/s1. The number of likely N-dealkylation sites (tertiary alicyclic amines) is 1. The molecule has 0 bridgehead atoms. The van der Waals surface area contributed by atoms with Crippen molar-refractivity contribution in [2.24, 2.45) is 0 Å². The number of halogens is 2. The Morgan fingerprint density at radius 2 is 1.68 bits per heavy atom. The lowest BCUT2D eigenvalue weighted by atomic mass is 9.63. The van der Waals surface area contributed by atoms with E-state index >= 15 is 0 Å². The lowest BCUT2D eigenvalue weighted by Crippen LogP contribution is -2.54. The molecule has 2 aliphatic rings. The predicted octanol–water partition coefficient (Wildman–Crippen LogP) is 3.94. The lowest BCUT2D eigenvalue weighted by Gasteiger charge is -2.44. The summed E-state index contributed by atoms with van der Waals surface area (Å²) >= 11 is 12.1. The first-order valence-corrected chi connectivity index (χ1v) is 12.3. The van der Waals surface area contributed by atoms with E-state index in [1.165, 1.54) is 17.0 Å². The van der Waals surface area contributed by atoms with Crippen LogP contribution >= 0.6 is 23.2 Å². The first kappa shape index (κ1) is 22.1. The summed E-state index contributed by atoms with van der Waals surface area (Å²) in [5, 5.41) is 9.35. The number of carbonyl (C=O) groups excluding carboxylic acids is 1. The highest BCUT2D eigenvalue weighted by molar-refractivity contribution is 7.92. The van der Waals surface area contributed by atoms with Gasteiger partial charge in [0.1, 0.15) is 6.04 Å². The molecule has 6 nitrogen and oxygen atoms in total. The number of nitrogens with zero attached hydrogens (tertiary/aromatic N) is 1. The fraction of sp³-hybridized carbons (Fsp3) is 0.364. The van der Waals surface area contributed by atoms with Crippen LogP contribution in [0.5, 0.6) is 0 Å². The summed E-state index contributed by atoms with van der Waals surface area (Å²) in [6, 6.07) is 11.8. The molecule has 9 heteroatoms. The molecule has 0 unspecified atom stereocenters. The van der Waals surface area contributed by atoms with E-state index in [4.69, 9.17) is 23.2 Å². The molecule has 2 fully saturated rings. The van der Waals surface area contributed by atoms with Gasteiger partial charge in [0.2, 0.25) is 5.91 Å². The van der Waals surface area contributed by atoms with Crippen LogP contribution in [0.15, 0.2) is 53.4 Å². The molecule has 0 spiro atoms. The van der Waals surface area contributed by atoms with Crippen molar-refractivity contribution in [3.63, 3.8) is 0 Å². The van der Waals surface area contributed by atoms with Gasteiger partial charge in [0.15, 0.2) is 9.84 Å². The molecule has 1 aliphatic carbocycles. The Labute approximate surface area is 190 Å². The van der Waals surface area contributed by atoms with Gasteiger partial charge in [-0.2, -0.15) is 0 Å². The van der Waals surface area contributed by atoms with Crippen LogP contribution in [-0.2, 0) is 24.8 Å². The Bertz CT molecular complexity index is 1130. The number of hydrogen-bond donors (Lipinski definition) is 1. The van der Waals surface area contributed by atoms with E-state index in [2.05, 4.69) is 0 Å². The highest BCUT2D eigenvalue weighted by atomic mass is 35.5. The zero-order chi connectivity index (χ0) is 22.4. The molecule has 1 saturated carbocycles. The van der Waals surface area contributed by atoms with Crippen LogP contribution in [0.4, 0.5) is 0 Å². The molecule has 1 amide bonds. The maximum Gasteiger partial charge on any atom is 0.326 e. The van der Waals surface area contributed by atoms with Crippen LogP contribution in [0.3, 0.4) is 0 Å². The van der Waals surface area contributed by atoms with Gasteiger partial charge in [-0.3, -0.25) is 4.79 Å². The van der Waals surface area contributed by atoms with Crippen molar-refractivity contribution in [3.8, 4) is 0 Å². The predicted molar refractivity (Wildman–Crippen MR) is 117 cm³/mol. The lowest BCUT2D eigenvalue weighted by molar-refractivity contribution is -0.152. The Hall–Kier alpha value is -2.09. The van der Waals surface area contributed by atoms with Crippen LogP contribution in [0.1, 0.15) is 31.2 Å². The molecule has 164 valence electrons. The quantitative estimate of drug-likeness (QED) is 0.697. The van der Waals surface area contributed by atoms with Gasteiger partial charge in [-0.1, -0.05) is 53.9 Å². The summed E-state index contributed by atoms with van der Waals surface area (Å²) < 4.78 is 26.4. The van der Waals surface area contributed by atoms with E-state index in [0.29, 0.717) is 17.9 Å². The second kappa shape index (κ2) is 8.11. The van der Waals surface area contributed by atoms with Gasteiger partial charge in [-0.05, 0) is 49.1 Å². The van der Waals surface area contributed by atoms with Gasteiger partial charge in [-0.25, -0.2) is 13.2 Å². The number of rotatable bonds is 5. The highest BCUT2D eigenvalue weighted by Gasteiger charge is 2.53. The van der Waals surface area contributed by atoms with Crippen LogP contribution in [0.2, 0.25) is 10.0 Å². The zero-order valence-electron chi connectivity index (χ0n) is 16.5. The number of amides is 1. The second-order valence-electron chi connectivity index (χ2n) is 8.09. The number of carbonyl (C=O) groups is 2. The van der Waals surface area contributed by atoms with E-state index in [9.17, 15) is 23.1 Å². The minimum Gasteiger partial charge on any atom is -0.480 e. The average molecular weight is 482 g/mol. The normalized spacial score (nSPS) is 22.7. The minimum absolute atomic E-state index is 0.0452. The Morgan fingerprint density at radius 1 is 1.03 bits per heavy atom. The number of carboxylic acid groups (broad SMARTS) is 1. The first-order valence-electron chi connectivity index (χ1n) is 9.95. The fourth-order valence-electron chi connectivity index (χ4n) is 4.54. The van der Waals surface area contributed by atoms with Crippen molar-refractivity contribution in [1.82, 2.24) is 4.90 Å². The molecular formula is C22H21Cl2NO5S. The molecule has 0 radical (unpaired) electrons. The zero-order valence-corrected chi connectivity index (χ0v) is 18.8. The van der Waals surface area contributed by atoms with Crippen molar-refractivity contribution in [1.29, 1.82) is 0 Å². The largest absolute Gasteiger partial charge is 0.480 e. The highest BCUT2D eigenvalue weighted by Crippen LogP contribution is 2.47. The Morgan fingerprint density at radius 3 is 2.23 bits per heavy atom. The minimum atomic E-state index is -3.91. The maximum absolute atomic E-state index is 13.6. The SMILES string of the molecule is O=C(O)[C@@H]1C[C@@H](S(=O)(=O)c2ccccc2Cl)CN1C(=O)C1(c2ccc(Cl)cc2)CCC1. The third-order valence-corrected chi connectivity index (χ3v) is 9.29. The number of sulfone groups is 1. The first-order chi connectivity index (χ1) is 14.7. The molecule has 4 rings (SSSR count). The van der Waals surface area contributed by atoms with Gasteiger partial charge in [0, 0.05) is 11.6 Å². The molecule has 31 heavy (non-hydrogen) atoms. The summed E-state index contributed by atoms with van der Waals surface area (Å²) in [6.45, 7) is -0.182. The van der Waals surface area contributed by atoms with Crippen molar-refractivity contribution >= 4 is 44.9 Å². The number of aliphatic carboxylic acids is 1. The maximum atomic E-state index is 13.6. The smallest absolute Gasteiger partial charge is 0.326 e. The summed E-state index contributed by atoms with van der Waals surface area (Å²) in [6.07, 6.45) is 1.82. The van der Waals surface area contributed by atoms with Gasteiger partial charge in [0.05, 0.1) is 20.6 Å². The van der Waals surface area contributed by atoms with E-state index in [0.717, 1.165) is 12.0 Å². The van der Waals surface area contributed by atoms with Crippen LogP contribution in [0.25, 0.3) is 0 Å². The summed E-state index contributed by atoms with van der Waals surface area (Å²) in [5.74, 6) is -1.55. The van der Waals surface area contributed by atoms with Gasteiger partial charge in [-0.15, -0.1) is 0 Å². The van der Waals surface area contributed by atoms with Gasteiger partial charge in [0.25, 0.3) is 0 Å². The third-order valence-electron chi connectivity index (χ3n) is 6.40. The molecule has 2 atom stereocenters. The summed E-state index contributed by atoms with van der Waals surface area (Å²) in [4.78, 5) is 26.8. The molecule has 2 aromatic carbocycles. The average Bonchev–Trinajstić information content (AvgIpc) is 3.15. The van der Waals surface area contributed by atoms with E-state index in [1.54, 1.807) is 36.4 Å². The Balaban J connectivity index is 1.68. The van der Waals surface area contributed by atoms with Crippen LogP contribution in [0, 0.1) is 0 Å². The molecule has 1 saturated heterocycles. The summed E-state index contributed by atoms with van der Waals surface area (Å²) in [7, 11) is -3.91. The summed E-state index contributed by atoms with van der Waals surface area (Å²) in [5.41, 5.74) is -0.0730. The molecule has 1 N–H and O–H groups in total. The topological polar surface area (TPSA) is 91.8 Å². The van der Waals surface area contributed by atoms with Crippen molar-refractivity contribution in [3.05, 3.63) is 64.1 Å². The number of benzene rings is 2. The monoisotopic (exact) mass is 481 g/mol. The fourth-order valence-corrected chi connectivity index (χ4v) is 6.88. The molecule has 1 aliphatic heterocycles. The third kappa shape index (κ3) is 3.73. The Kier molecular flexibility index (Phi) is 5.79. The van der Waals surface area contributed by atoms with Crippen molar-refractivity contribution < 1.29 is 23.1 Å². The molecule has 1 heterocycles. The van der Waals surface area contributed by atoms with E-state index in [-0.39, 0.29) is 28.8 Å². The van der Waals surface area contributed by atoms with Gasteiger partial charge >= 0.3 is 5.97 Å². The van der Waals surface area contributed by atoms with E-state index in [1.807, 2.05) is 0 Å². The van der Waals surface area contributed by atoms with Crippen LogP contribution in [-0.4, -0.2) is 48.1 Å². The molecule has 0 aromatic heterocycles. The number of carboxylic acids is 1. The van der Waals surface area contributed by atoms with E-state index < -0.39 is 32.5 Å². The number of hydrogen-bond acceptors (Lipinski definition) is 4. The molecule has 2 aromatic rings. The second-order valence-corrected chi connectivity index (χ2v) is 11.1. The van der Waals surface area contributed by atoms with Crippen LogP contribution < -0.4 is 0 Å². The molecular weight excluding hydrogens is 461 g/mol.